The Morgan fingerprint density at radius 2 is 2.08 bits per heavy atom. The molecule has 1 amide bonds. The summed E-state index contributed by atoms with van der Waals surface area (Å²) < 4.78 is 5.13. The molecule has 0 spiro atoms. The molecule has 39 heavy (non-hydrogen) atoms. The van der Waals surface area contributed by atoms with Gasteiger partial charge >= 0.3 is 0 Å². The third-order valence-corrected chi connectivity index (χ3v) is 6.94. The molecule has 12 heteroatoms. The predicted molar refractivity (Wildman–Crippen MR) is 154 cm³/mol. The Balaban J connectivity index is 1.56. The van der Waals surface area contributed by atoms with Crippen LogP contribution in [-0.4, -0.2) is 102 Å². The number of ether oxygens (including phenoxy) is 1. The van der Waals surface area contributed by atoms with Gasteiger partial charge in [0, 0.05) is 69.3 Å². The molecule has 1 aromatic carbocycles. The number of aliphatic imine (C=N–C) groups is 1. The van der Waals surface area contributed by atoms with Gasteiger partial charge in [0.15, 0.2) is 0 Å². The number of nitrogens with zero attached hydrogens (tertiary/aromatic N) is 5. The predicted octanol–water partition coefficient (Wildman–Crippen LogP) is 1.76. The van der Waals surface area contributed by atoms with Gasteiger partial charge in [-0.15, -0.1) is 0 Å². The number of carbonyl (C=O) groups is 1. The standard InChI is InChI=1S/C27H37N9O3/c1-17-14-31-27(33-22(16-29-3)25(28)39-4)34-23(17)20-15-30-24-19(20)6-5-7-21(24)32-26(38)18(2)36-10-8-35(9-11-36)12-13-37/h5-7,14-16,18,30,37H,8-13,28H2,1-4H3,(H,32,38)(H,31,33,34). The minimum atomic E-state index is -0.280. The number of hydrogen-bond donors (Lipinski definition) is 5. The molecule has 1 unspecified atom stereocenters. The molecule has 208 valence electrons. The molecular formula is C27H37N9O3. The number of fused-ring (bicyclic) bond motifs is 1. The summed E-state index contributed by atoms with van der Waals surface area (Å²) in [7, 11) is 3.11. The van der Waals surface area contributed by atoms with E-state index in [1.54, 1.807) is 19.5 Å². The minimum absolute atomic E-state index is 0.0633. The van der Waals surface area contributed by atoms with Crippen LogP contribution in [0.25, 0.3) is 22.2 Å². The van der Waals surface area contributed by atoms with Gasteiger partial charge in [-0.1, -0.05) is 12.1 Å². The van der Waals surface area contributed by atoms with Gasteiger partial charge in [-0.2, -0.15) is 0 Å². The lowest BCUT2D eigenvalue weighted by atomic mass is 10.1. The van der Waals surface area contributed by atoms with E-state index in [1.165, 1.54) is 7.11 Å². The molecule has 1 aliphatic heterocycles. The fourth-order valence-corrected chi connectivity index (χ4v) is 4.67. The average molecular weight is 536 g/mol. The third-order valence-electron chi connectivity index (χ3n) is 6.94. The monoisotopic (exact) mass is 535 g/mol. The van der Waals surface area contributed by atoms with E-state index in [0.717, 1.165) is 53.9 Å². The van der Waals surface area contributed by atoms with Crippen LogP contribution in [0.4, 0.5) is 11.6 Å². The van der Waals surface area contributed by atoms with E-state index in [4.69, 9.17) is 15.5 Å². The molecule has 1 fully saturated rings. The zero-order valence-corrected chi connectivity index (χ0v) is 22.9. The molecule has 0 radical (unpaired) electrons. The van der Waals surface area contributed by atoms with Crippen LogP contribution < -0.4 is 16.4 Å². The molecule has 1 atom stereocenters. The smallest absolute Gasteiger partial charge is 0.241 e. The van der Waals surface area contributed by atoms with Crippen molar-refractivity contribution in [1.29, 1.82) is 0 Å². The second kappa shape index (κ2) is 12.7. The highest BCUT2D eigenvalue weighted by Gasteiger charge is 2.26. The van der Waals surface area contributed by atoms with Crippen molar-refractivity contribution >= 4 is 34.7 Å². The fraction of sp³-hybridized carbons (Fsp3) is 0.407. The Labute approximate surface area is 228 Å². The van der Waals surface area contributed by atoms with Crippen molar-refractivity contribution in [1.82, 2.24) is 24.8 Å². The summed E-state index contributed by atoms with van der Waals surface area (Å²) in [6, 6.07) is 5.52. The van der Waals surface area contributed by atoms with Crippen LogP contribution in [0.15, 0.2) is 47.2 Å². The topological polar surface area (TPSA) is 157 Å². The highest BCUT2D eigenvalue weighted by Crippen LogP contribution is 2.33. The Bertz CT molecular complexity index is 1360. The van der Waals surface area contributed by atoms with Crippen molar-refractivity contribution in [3.63, 3.8) is 0 Å². The Kier molecular flexibility index (Phi) is 9.12. The van der Waals surface area contributed by atoms with Crippen molar-refractivity contribution in [3.05, 3.63) is 47.7 Å². The van der Waals surface area contributed by atoms with E-state index >= 15 is 0 Å². The number of piperazine rings is 1. The van der Waals surface area contributed by atoms with E-state index in [-0.39, 0.29) is 24.4 Å². The number of rotatable bonds is 10. The van der Waals surface area contributed by atoms with E-state index in [9.17, 15) is 9.90 Å². The van der Waals surface area contributed by atoms with Crippen molar-refractivity contribution in [2.24, 2.45) is 10.7 Å². The van der Waals surface area contributed by atoms with Gasteiger partial charge in [-0.05, 0) is 25.5 Å². The SMILES string of the molecule is CN=CC(Nc1ncc(C)c(-c2c[nH]c3c(NC(=O)C(C)N4CCN(CCO)CC4)cccc23)n1)=C(N)OC. The number of carbonyl (C=O) groups excluding carboxylic acids is 1. The first kappa shape index (κ1) is 28.0. The molecule has 0 aliphatic carbocycles. The van der Waals surface area contributed by atoms with E-state index in [1.807, 2.05) is 38.2 Å². The van der Waals surface area contributed by atoms with Crippen LogP contribution in [0.1, 0.15) is 12.5 Å². The lowest BCUT2D eigenvalue weighted by Gasteiger charge is -2.37. The average Bonchev–Trinajstić information content (AvgIpc) is 3.38. The van der Waals surface area contributed by atoms with Gasteiger partial charge in [0.25, 0.3) is 0 Å². The second-order valence-corrected chi connectivity index (χ2v) is 9.42. The molecule has 0 saturated carbocycles. The van der Waals surface area contributed by atoms with E-state index in [0.29, 0.717) is 23.9 Å². The molecule has 6 N–H and O–H groups in total. The van der Waals surface area contributed by atoms with Gasteiger partial charge in [0.2, 0.25) is 17.7 Å². The summed E-state index contributed by atoms with van der Waals surface area (Å²) in [6.45, 7) is 7.93. The number of para-hydroxylation sites is 1. The maximum Gasteiger partial charge on any atom is 0.241 e. The highest BCUT2D eigenvalue weighted by molar-refractivity contribution is 6.06. The lowest BCUT2D eigenvalue weighted by molar-refractivity contribution is -0.121. The normalized spacial score (nSPS) is 16.3. The second-order valence-electron chi connectivity index (χ2n) is 9.42. The summed E-state index contributed by atoms with van der Waals surface area (Å²) in [6.07, 6.45) is 5.16. The van der Waals surface area contributed by atoms with Crippen molar-refractivity contribution in [2.45, 2.75) is 19.9 Å². The molecule has 2 aromatic heterocycles. The summed E-state index contributed by atoms with van der Waals surface area (Å²) in [4.78, 5) is 34.0. The Morgan fingerprint density at radius 3 is 2.77 bits per heavy atom. The number of aryl methyl sites for hydroxylation is 1. The Morgan fingerprint density at radius 1 is 1.31 bits per heavy atom. The summed E-state index contributed by atoms with van der Waals surface area (Å²) >= 11 is 0. The number of aromatic nitrogens is 3. The van der Waals surface area contributed by atoms with Crippen molar-refractivity contribution in [3.8, 4) is 11.3 Å². The first-order valence-electron chi connectivity index (χ1n) is 12.9. The maximum absolute atomic E-state index is 13.2. The molecule has 12 nitrogen and oxygen atoms in total. The summed E-state index contributed by atoms with van der Waals surface area (Å²) in [5.41, 5.74) is 10.4. The quantitative estimate of drug-likeness (QED) is 0.193. The zero-order chi connectivity index (χ0) is 27.9. The zero-order valence-electron chi connectivity index (χ0n) is 22.9. The van der Waals surface area contributed by atoms with Gasteiger partial charge in [0.05, 0.1) is 36.7 Å². The summed E-state index contributed by atoms with van der Waals surface area (Å²) in [5.74, 6) is 0.448. The van der Waals surface area contributed by atoms with Gasteiger partial charge < -0.3 is 31.2 Å². The Hall–Kier alpha value is -4.00. The minimum Gasteiger partial charge on any atom is -0.481 e. The third kappa shape index (κ3) is 6.36. The molecular weight excluding hydrogens is 498 g/mol. The lowest BCUT2D eigenvalue weighted by Crippen LogP contribution is -2.53. The van der Waals surface area contributed by atoms with Crippen molar-refractivity contribution in [2.75, 3.05) is 64.1 Å². The first-order valence-corrected chi connectivity index (χ1v) is 12.9. The van der Waals surface area contributed by atoms with Crippen LogP contribution in [0.5, 0.6) is 0 Å². The fourth-order valence-electron chi connectivity index (χ4n) is 4.67. The molecule has 1 aliphatic rings. The number of allylic oxidation sites excluding steroid dienone is 1. The van der Waals surface area contributed by atoms with Crippen LogP contribution in [0.3, 0.4) is 0 Å². The number of β-amino-alcohol motifs (C(OH)–C–C–N with tert-alkyl or cyclic N) is 1. The number of aliphatic hydroxyl groups is 1. The van der Waals surface area contributed by atoms with E-state index in [2.05, 4.69) is 35.4 Å². The number of methoxy groups -OCH3 is 1. The largest absolute Gasteiger partial charge is 0.481 e. The summed E-state index contributed by atoms with van der Waals surface area (Å²) in [5, 5.41) is 16.3. The van der Waals surface area contributed by atoms with Crippen LogP contribution in [0, 0.1) is 6.92 Å². The molecule has 0 bridgehead atoms. The van der Waals surface area contributed by atoms with Crippen molar-refractivity contribution < 1.29 is 14.6 Å². The van der Waals surface area contributed by atoms with Gasteiger partial charge in [-0.3, -0.25) is 19.6 Å². The first-order chi connectivity index (χ1) is 18.9. The number of anilines is 2. The number of hydrogen-bond acceptors (Lipinski definition) is 10. The number of nitrogens with one attached hydrogen (secondary N) is 3. The van der Waals surface area contributed by atoms with E-state index < -0.39 is 0 Å². The number of nitrogens with two attached hydrogens (primary N) is 1. The molecule has 4 rings (SSSR count). The number of benzene rings is 1. The van der Waals surface area contributed by atoms with Crippen LogP contribution in [-0.2, 0) is 9.53 Å². The molecule has 3 aromatic rings. The van der Waals surface area contributed by atoms with Crippen LogP contribution in [0.2, 0.25) is 0 Å². The highest BCUT2D eigenvalue weighted by atomic mass is 16.5. The number of aliphatic hydroxyl groups excluding tert-OH is 1. The van der Waals surface area contributed by atoms with Gasteiger partial charge in [0.1, 0.15) is 5.70 Å². The number of amides is 1. The number of aromatic amines is 1. The van der Waals surface area contributed by atoms with Gasteiger partial charge in [-0.25, -0.2) is 9.97 Å². The molecule has 3 heterocycles. The molecule has 1 saturated heterocycles. The number of H-pyrrole nitrogens is 1. The van der Waals surface area contributed by atoms with Crippen LogP contribution >= 0.6 is 0 Å². The maximum atomic E-state index is 13.2.